The molecule has 8 nitrogen and oxygen atoms in total. The third kappa shape index (κ3) is 5.15. The molecule has 130 valence electrons. The molecule has 0 spiro atoms. The van der Waals surface area contributed by atoms with Crippen LogP contribution in [0.25, 0.3) is 0 Å². The zero-order valence-corrected chi connectivity index (χ0v) is 13.1. The van der Waals surface area contributed by atoms with Gasteiger partial charge in [-0.15, -0.1) is 0 Å². The average molecular weight is 335 g/mol. The lowest BCUT2D eigenvalue weighted by Gasteiger charge is -2.34. The highest BCUT2D eigenvalue weighted by Crippen LogP contribution is 2.25. The number of primary amides is 1. The molecule has 0 saturated heterocycles. The Labute approximate surface area is 139 Å². The van der Waals surface area contributed by atoms with Gasteiger partial charge in [-0.05, 0) is 24.8 Å². The number of carbonyl (C=O) groups excluding carboxylic acids is 2. The molecule has 1 aromatic carbocycles. The first-order valence-electron chi connectivity index (χ1n) is 7.71. The summed E-state index contributed by atoms with van der Waals surface area (Å²) >= 11 is 0. The molecule has 0 radical (unpaired) electrons. The summed E-state index contributed by atoms with van der Waals surface area (Å²) in [4.78, 5) is 34.2. The Bertz CT molecular complexity index is 593. The van der Waals surface area contributed by atoms with Gasteiger partial charge in [-0.1, -0.05) is 30.3 Å². The Morgan fingerprint density at radius 2 is 1.88 bits per heavy atom. The Morgan fingerprint density at radius 1 is 1.17 bits per heavy atom. The van der Waals surface area contributed by atoms with Crippen molar-refractivity contribution < 1.29 is 24.2 Å². The maximum Gasteiger partial charge on any atom is 0.407 e. The van der Waals surface area contributed by atoms with E-state index < -0.39 is 30.1 Å². The summed E-state index contributed by atoms with van der Waals surface area (Å²) in [5, 5.41) is 13.8. The van der Waals surface area contributed by atoms with E-state index in [4.69, 9.17) is 15.6 Å². The lowest BCUT2D eigenvalue weighted by Crippen LogP contribution is -2.52. The van der Waals surface area contributed by atoms with Crippen LogP contribution < -0.4 is 16.4 Å². The molecule has 0 heterocycles. The third-order valence-electron chi connectivity index (χ3n) is 4.06. The maximum atomic E-state index is 11.9. The number of rotatable bonds is 5. The first-order valence-corrected chi connectivity index (χ1v) is 7.71. The normalized spacial score (nSPS) is 23.1. The minimum Gasteiger partial charge on any atom is -0.465 e. The number of alkyl carbamates (subject to hydrolysis) is 1. The Morgan fingerprint density at radius 3 is 2.50 bits per heavy atom. The number of benzene rings is 1. The van der Waals surface area contributed by atoms with Gasteiger partial charge in [0.2, 0.25) is 5.91 Å². The van der Waals surface area contributed by atoms with E-state index in [1.807, 2.05) is 30.3 Å². The standard InChI is InChI=1S/C16H21N3O5/c17-14(20)12-8-11(18-15(21)22)6-7-13(12)19-16(23)24-9-10-4-2-1-3-5-10/h1-5,11-13,18H,6-9H2,(H2,17,20)(H,19,23)(H,21,22)/t11-,12-,13+/m1/s1. The number of hydrogen-bond acceptors (Lipinski definition) is 4. The molecule has 0 aromatic heterocycles. The van der Waals surface area contributed by atoms with Gasteiger partial charge in [0.25, 0.3) is 0 Å². The van der Waals surface area contributed by atoms with Crippen molar-refractivity contribution in [2.75, 3.05) is 0 Å². The Kier molecular flexibility index (Phi) is 6.00. The van der Waals surface area contributed by atoms with E-state index in [-0.39, 0.29) is 19.1 Å². The molecule has 0 unspecified atom stereocenters. The minimum atomic E-state index is -1.14. The van der Waals surface area contributed by atoms with Gasteiger partial charge >= 0.3 is 12.2 Å². The van der Waals surface area contributed by atoms with Crippen molar-refractivity contribution in [3.05, 3.63) is 35.9 Å². The van der Waals surface area contributed by atoms with E-state index in [0.717, 1.165) is 5.56 Å². The van der Waals surface area contributed by atoms with E-state index in [9.17, 15) is 14.4 Å². The third-order valence-corrected chi connectivity index (χ3v) is 4.06. The Hall–Kier alpha value is -2.77. The van der Waals surface area contributed by atoms with Gasteiger partial charge < -0.3 is 26.2 Å². The monoisotopic (exact) mass is 335 g/mol. The van der Waals surface area contributed by atoms with Crippen LogP contribution in [0.2, 0.25) is 0 Å². The molecule has 3 amide bonds. The molecule has 1 aromatic rings. The van der Waals surface area contributed by atoms with Crippen LogP contribution in [0.3, 0.4) is 0 Å². The predicted molar refractivity (Wildman–Crippen MR) is 85.0 cm³/mol. The molecule has 1 saturated carbocycles. The minimum absolute atomic E-state index is 0.129. The van der Waals surface area contributed by atoms with Crippen LogP contribution in [0.5, 0.6) is 0 Å². The van der Waals surface area contributed by atoms with E-state index >= 15 is 0 Å². The van der Waals surface area contributed by atoms with Gasteiger partial charge in [0, 0.05) is 12.1 Å². The number of ether oxygens (including phenoxy) is 1. The summed E-state index contributed by atoms with van der Waals surface area (Å²) in [5.74, 6) is -1.21. The molecular weight excluding hydrogens is 314 g/mol. The summed E-state index contributed by atoms with van der Waals surface area (Å²) < 4.78 is 5.14. The number of carbonyl (C=O) groups is 3. The molecule has 1 aliphatic rings. The topological polar surface area (TPSA) is 131 Å². The van der Waals surface area contributed by atoms with Crippen molar-refractivity contribution in [2.45, 2.75) is 38.0 Å². The average Bonchev–Trinajstić information content (AvgIpc) is 2.54. The van der Waals surface area contributed by atoms with Crippen LogP contribution in [0.4, 0.5) is 9.59 Å². The Balaban J connectivity index is 1.86. The molecule has 1 fully saturated rings. The van der Waals surface area contributed by atoms with E-state index in [0.29, 0.717) is 12.8 Å². The quantitative estimate of drug-likeness (QED) is 0.642. The SMILES string of the molecule is NC(=O)[C@@H]1C[C@H](NC(=O)O)CC[C@@H]1NC(=O)OCc1ccccc1. The lowest BCUT2D eigenvalue weighted by molar-refractivity contribution is -0.123. The van der Waals surface area contributed by atoms with Crippen molar-refractivity contribution in [3.8, 4) is 0 Å². The van der Waals surface area contributed by atoms with Crippen LogP contribution in [0.1, 0.15) is 24.8 Å². The molecular formula is C16H21N3O5. The predicted octanol–water partition coefficient (Wildman–Crippen LogP) is 1.20. The summed E-state index contributed by atoms with van der Waals surface area (Å²) in [6.45, 7) is 0.129. The lowest BCUT2D eigenvalue weighted by atomic mass is 9.81. The van der Waals surface area contributed by atoms with E-state index in [1.165, 1.54) is 0 Å². The molecule has 3 atom stereocenters. The number of amides is 3. The van der Waals surface area contributed by atoms with Crippen molar-refractivity contribution in [2.24, 2.45) is 11.7 Å². The highest BCUT2D eigenvalue weighted by molar-refractivity contribution is 5.79. The summed E-state index contributed by atoms with van der Waals surface area (Å²) in [7, 11) is 0. The summed E-state index contributed by atoms with van der Waals surface area (Å²) in [6.07, 6.45) is -0.555. The number of nitrogens with two attached hydrogens (primary N) is 1. The molecule has 5 N–H and O–H groups in total. The van der Waals surface area contributed by atoms with Crippen LogP contribution in [0, 0.1) is 5.92 Å². The number of carboxylic acid groups (broad SMARTS) is 1. The molecule has 0 bridgehead atoms. The smallest absolute Gasteiger partial charge is 0.407 e. The van der Waals surface area contributed by atoms with Crippen molar-refractivity contribution >= 4 is 18.1 Å². The number of hydrogen-bond donors (Lipinski definition) is 4. The van der Waals surface area contributed by atoms with Gasteiger partial charge in [0.05, 0.1) is 5.92 Å². The van der Waals surface area contributed by atoms with Crippen molar-refractivity contribution in [1.82, 2.24) is 10.6 Å². The first kappa shape index (κ1) is 17.6. The molecule has 2 rings (SSSR count). The van der Waals surface area contributed by atoms with Gasteiger partial charge in [0.15, 0.2) is 0 Å². The van der Waals surface area contributed by atoms with Gasteiger partial charge in [0.1, 0.15) is 6.61 Å². The summed E-state index contributed by atoms with van der Waals surface area (Å²) in [5.41, 5.74) is 6.24. The zero-order valence-electron chi connectivity index (χ0n) is 13.1. The molecule has 1 aliphatic carbocycles. The van der Waals surface area contributed by atoms with Crippen LogP contribution in [0.15, 0.2) is 30.3 Å². The number of nitrogens with one attached hydrogen (secondary N) is 2. The first-order chi connectivity index (χ1) is 11.5. The highest BCUT2D eigenvalue weighted by atomic mass is 16.5. The van der Waals surface area contributed by atoms with Gasteiger partial charge in [-0.3, -0.25) is 4.79 Å². The second-order valence-corrected chi connectivity index (χ2v) is 5.78. The largest absolute Gasteiger partial charge is 0.465 e. The second-order valence-electron chi connectivity index (χ2n) is 5.78. The second kappa shape index (κ2) is 8.19. The summed E-state index contributed by atoms with van der Waals surface area (Å²) in [6, 6.07) is 8.42. The fourth-order valence-electron chi connectivity index (χ4n) is 2.88. The fraction of sp³-hybridized carbons (Fsp3) is 0.438. The molecule has 0 aliphatic heterocycles. The van der Waals surface area contributed by atoms with Gasteiger partial charge in [-0.25, -0.2) is 9.59 Å². The van der Waals surface area contributed by atoms with Crippen LogP contribution in [-0.2, 0) is 16.1 Å². The molecule has 8 heteroatoms. The zero-order chi connectivity index (χ0) is 17.5. The van der Waals surface area contributed by atoms with Crippen LogP contribution in [-0.4, -0.2) is 35.3 Å². The van der Waals surface area contributed by atoms with Gasteiger partial charge in [-0.2, -0.15) is 0 Å². The fourth-order valence-corrected chi connectivity index (χ4v) is 2.88. The van der Waals surface area contributed by atoms with E-state index in [2.05, 4.69) is 10.6 Å². The van der Waals surface area contributed by atoms with Crippen molar-refractivity contribution in [1.29, 1.82) is 0 Å². The highest BCUT2D eigenvalue weighted by Gasteiger charge is 2.35. The molecule has 24 heavy (non-hydrogen) atoms. The maximum absolute atomic E-state index is 11.9. The van der Waals surface area contributed by atoms with E-state index in [1.54, 1.807) is 0 Å². The van der Waals surface area contributed by atoms with Crippen LogP contribution >= 0.6 is 0 Å². The van der Waals surface area contributed by atoms with Crippen molar-refractivity contribution in [3.63, 3.8) is 0 Å².